The summed E-state index contributed by atoms with van der Waals surface area (Å²) >= 11 is 1.80. The van der Waals surface area contributed by atoms with Crippen LogP contribution in [0.1, 0.15) is 51.5 Å². The Balaban J connectivity index is 1.92. The first kappa shape index (κ1) is 16.0. The van der Waals surface area contributed by atoms with Crippen LogP contribution in [-0.2, 0) is 6.54 Å². The lowest BCUT2D eigenvalue weighted by molar-refractivity contribution is 0.111. The van der Waals surface area contributed by atoms with Crippen molar-refractivity contribution in [2.24, 2.45) is 5.41 Å². The number of nitrogens with zero attached hydrogens (tertiary/aromatic N) is 1. The molecule has 1 aliphatic carbocycles. The molecule has 1 saturated carbocycles. The van der Waals surface area contributed by atoms with Crippen LogP contribution in [0, 0.1) is 5.41 Å². The van der Waals surface area contributed by atoms with Crippen molar-refractivity contribution in [1.82, 2.24) is 10.2 Å². The van der Waals surface area contributed by atoms with Gasteiger partial charge in [-0.3, -0.25) is 0 Å². The average molecular weight is 295 g/mol. The Hall–Kier alpha value is -0.380. The van der Waals surface area contributed by atoms with Gasteiger partial charge in [-0.05, 0) is 47.7 Å². The van der Waals surface area contributed by atoms with Crippen molar-refractivity contribution in [3.05, 3.63) is 22.4 Å². The van der Waals surface area contributed by atoms with Crippen molar-refractivity contribution >= 4 is 11.3 Å². The molecule has 3 heteroatoms. The van der Waals surface area contributed by atoms with Crippen LogP contribution >= 0.6 is 11.3 Å². The molecule has 1 fully saturated rings. The van der Waals surface area contributed by atoms with Gasteiger partial charge in [0.1, 0.15) is 0 Å². The molecule has 0 aliphatic heterocycles. The molecule has 0 radical (unpaired) electrons. The number of rotatable bonds is 7. The van der Waals surface area contributed by atoms with E-state index in [0.717, 1.165) is 6.54 Å². The molecule has 0 atom stereocenters. The van der Waals surface area contributed by atoms with E-state index in [2.05, 4.69) is 47.9 Å². The summed E-state index contributed by atoms with van der Waals surface area (Å²) < 4.78 is 0. The minimum Gasteiger partial charge on any atom is -0.314 e. The number of nitrogens with one attached hydrogen (secondary N) is 1. The van der Waals surface area contributed by atoms with Gasteiger partial charge < -0.3 is 10.2 Å². The van der Waals surface area contributed by atoms with Gasteiger partial charge in [-0.25, -0.2) is 0 Å². The Kier molecular flexibility index (Phi) is 6.06. The van der Waals surface area contributed by atoms with Crippen LogP contribution < -0.4 is 5.32 Å². The Morgan fingerprint density at radius 3 is 2.65 bits per heavy atom. The van der Waals surface area contributed by atoms with Gasteiger partial charge in [0.25, 0.3) is 0 Å². The van der Waals surface area contributed by atoms with E-state index in [0.29, 0.717) is 11.5 Å². The third kappa shape index (κ3) is 4.87. The second kappa shape index (κ2) is 7.58. The van der Waals surface area contributed by atoms with E-state index in [1.807, 2.05) is 0 Å². The van der Waals surface area contributed by atoms with E-state index in [9.17, 15) is 0 Å². The topological polar surface area (TPSA) is 15.3 Å². The monoisotopic (exact) mass is 294 g/mol. The summed E-state index contributed by atoms with van der Waals surface area (Å²) in [5, 5.41) is 8.15. The van der Waals surface area contributed by atoms with Crippen LogP contribution in [0.2, 0.25) is 0 Å². The Bertz CT molecular complexity index is 366. The molecule has 0 saturated heterocycles. The van der Waals surface area contributed by atoms with Gasteiger partial charge in [0.2, 0.25) is 0 Å². The van der Waals surface area contributed by atoms with E-state index in [1.54, 1.807) is 11.3 Å². The highest BCUT2D eigenvalue weighted by Gasteiger charge is 2.33. The van der Waals surface area contributed by atoms with E-state index >= 15 is 0 Å². The lowest BCUT2D eigenvalue weighted by Crippen LogP contribution is -2.45. The molecule has 2 rings (SSSR count). The van der Waals surface area contributed by atoms with Crippen molar-refractivity contribution in [2.75, 3.05) is 20.1 Å². The van der Waals surface area contributed by atoms with Gasteiger partial charge in [-0.1, -0.05) is 33.1 Å². The fourth-order valence-electron chi connectivity index (χ4n) is 3.44. The third-order valence-electron chi connectivity index (χ3n) is 4.44. The minimum absolute atomic E-state index is 0.493. The molecule has 1 N–H and O–H groups in total. The highest BCUT2D eigenvalue weighted by Crippen LogP contribution is 2.36. The smallest absolute Gasteiger partial charge is 0.0239 e. The molecule has 0 bridgehead atoms. The van der Waals surface area contributed by atoms with Crippen molar-refractivity contribution in [3.8, 4) is 0 Å². The zero-order valence-corrected chi connectivity index (χ0v) is 14.1. The molecule has 0 unspecified atom stereocenters. The Morgan fingerprint density at radius 2 is 2.05 bits per heavy atom. The molecule has 0 spiro atoms. The second-order valence-corrected chi connectivity index (χ2v) is 7.68. The molecule has 1 aliphatic rings. The predicted octanol–water partition coefficient (Wildman–Crippen LogP) is 4.13. The van der Waals surface area contributed by atoms with Crippen LogP contribution in [0.5, 0.6) is 0 Å². The number of hydrogen-bond acceptors (Lipinski definition) is 3. The zero-order chi connectivity index (χ0) is 14.4. The lowest BCUT2D eigenvalue weighted by atomic mass is 9.73. The number of thiophene rings is 1. The van der Waals surface area contributed by atoms with Crippen LogP contribution in [0.15, 0.2) is 16.8 Å². The van der Waals surface area contributed by atoms with Crippen molar-refractivity contribution in [2.45, 2.75) is 58.5 Å². The first-order chi connectivity index (χ1) is 9.60. The summed E-state index contributed by atoms with van der Waals surface area (Å²) in [6.45, 7) is 8.01. The summed E-state index contributed by atoms with van der Waals surface area (Å²) in [6.07, 6.45) is 7.02. The van der Waals surface area contributed by atoms with Gasteiger partial charge in [-0.15, -0.1) is 0 Å². The molecule has 1 aromatic heterocycles. The Labute approximate surface area is 128 Å². The van der Waals surface area contributed by atoms with E-state index in [1.165, 1.54) is 50.8 Å². The van der Waals surface area contributed by atoms with Crippen LogP contribution in [0.25, 0.3) is 0 Å². The SMILES string of the molecule is CC(C)NCC1(CN(C)Cc2ccsc2)CCCCC1. The fraction of sp³-hybridized carbons (Fsp3) is 0.765. The standard InChI is InChI=1S/C17H30N2S/c1-15(2)18-13-17(8-5-4-6-9-17)14-19(3)11-16-7-10-20-12-16/h7,10,12,15,18H,4-6,8-9,11,13-14H2,1-3H3. The summed E-state index contributed by atoms with van der Waals surface area (Å²) in [5.41, 5.74) is 1.95. The molecular formula is C17H30N2S. The molecule has 1 aromatic rings. The molecule has 2 nitrogen and oxygen atoms in total. The highest BCUT2D eigenvalue weighted by atomic mass is 32.1. The van der Waals surface area contributed by atoms with E-state index in [-0.39, 0.29) is 0 Å². The Morgan fingerprint density at radius 1 is 1.30 bits per heavy atom. The van der Waals surface area contributed by atoms with Crippen LogP contribution in [-0.4, -0.2) is 31.1 Å². The first-order valence-electron chi connectivity index (χ1n) is 8.03. The highest BCUT2D eigenvalue weighted by molar-refractivity contribution is 7.07. The fourth-order valence-corrected chi connectivity index (χ4v) is 4.10. The van der Waals surface area contributed by atoms with Gasteiger partial charge >= 0.3 is 0 Å². The van der Waals surface area contributed by atoms with Crippen LogP contribution in [0.4, 0.5) is 0 Å². The van der Waals surface area contributed by atoms with Gasteiger partial charge in [0.15, 0.2) is 0 Å². The minimum atomic E-state index is 0.493. The summed E-state index contributed by atoms with van der Waals surface area (Å²) in [4.78, 5) is 2.52. The third-order valence-corrected chi connectivity index (χ3v) is 5.17. The predicted molar refractivity (Wildman–Crippen MR) is 89.3 cm³/mol. The maximum atomic E-state index is 3.70. The quantitative estimate of drug-likeness (QED) is 0.813. The lowest BCUT2D eigenvalue weighted by Gasteiger charge is -2.41. The molecule has 1 heterocycles. The maximum absolute atomic E-state index is 3.70. The molecule has 20 heavy (non-hydrogen) atoms. The molecule has 0 amide bonds. The molecule has 0 aromatic carbocycles. The summed E-state index contributed by atoms with van der Waals surface area (Å²) in [5.74, 6) is 0. The van der Waals surface area contributed by atoms with Crippen molar-refractivity contribution < 1.29 is 0 Å². The molecular weight excluding hydrogens is 264 g/mol. The van der Waals surface area contributed by atoms with Crippen molar-refractivity contribution in [3.63, 3.8) is 0 Å². The average Bonchev–Trinajstić information content (AvgIpc) is 2.90. The van der Waals surface area contributed by atoms with E-state index < -0.39 is 0 Å². The van der Waals surface area contributed by atoms with Crippen molar-refractivity contribution in [1.29, 1.82) is 0 Å². The van der Waals surface area contributed by atoms with Gasteiger partial charge in [-0.2, -0.15) is 11.3 Å². The number of hydrogen-bond donors (Lipinski definition) is 1. The largest absolute Gasteiger partial charge is 0.314 e. The van der Waals surface area contributed by atoms with E-state index in [4.69, 9.17) is 0 Å². The molecule has 114 valence electrons. The second-order valence-electron chi connectivity index (χ2n) is 6.90. The zero-order valence-electron chi connectivity index (χ0n) is 13.3. The summed E-state index contributed by atoms with van der Waals surface area (Å²) in [7, 11) is 2.28. The summed E-state index contributed by atoms with van der Waals surface area (Å²) in [6, 6.07) is 2.84. The first-order valence-corrected chi connectivity index (χ1v) is 8.97. The van der Waals surface area contributed by atoms with Gasteiger partial charge in [0, 0.05) is 25.7 Å². The maximum Gasteiger partial charge on any atom is 0.0239 e. The van der Waals surface area contributed by atoms with Crippen LogP contribution in [0.3, 0.4) is 0 Å². The normalized spacial score (nSPS) is 18.9. The van der Waals surface area contributed by atoms with Gasteiger partial charge in [0.05, 0.1) is 0 Å².